The summed E-state index contributed by atoms with van der Waals surface area (Å²) in [4.78, 5) is 12.5. The van der Waals surface area contributed by atoms with Crippen LogP contribution < -0.4 is 0 Å². The fourth-order valence-corrected chi connectivity index (χ4v) is 4.56. The first kappa shape index (κ1) is 18.9. The van der Waals surface area contributed by atoms with Gasteiger partial charge in [-0.3, -0.25) is 0 Å². The normalized spacial score (nSPS) is 15.3. The molecule has 1 aliphatic rings. The molecule has 2 aromatic rings. The van der Waals surface area contributed by atoms with Crippen LogP contribution in [0.2, 0.25) is 5.02 Å². The molecule has 1 aromatic heterocycles. The Morgan fingerprint density at radius 2 is 2.00 bits per heavy atom. The number of halogens is 1. The van der Waals surface area contributed by atoms with Gasteiger partial charge in [0.05, 0.1) is 26.7 Å². The van der Waals surface area contributed by atoms with Crippen molar-refractivity contribution in [1.82, 2.24) is 9.46 Å². The third kappa shape index (κ3) is 3.62. The van der Waals surface area contributed by atoms with E-state index in [1.165, 1.54) is 22.5 Å². The molecule has 0 radical (unpaired) electrons. The Morgan fingerprint density at radius 3 is 2.62 bits per heavy atom. The third-order valence-corrected chi connectivity index (χ3v) is 6.61. The number of hydrogen-bond donors (Lipinski definition) is 0. The number of rotatable bonds is 5. The summed E-state index contributed by atoms with van der Waals surface area (Å²) in [6.07, 6.45) is 1.66. The highest BCUT2D eigenvalue weighted by atomic mass is 35.5. The molecule has 1 aliphatic heterocycles. The molecule has 0 saturated carbocycles. The smallest absolute Gasteiger partial charge is 0.340 e. The number of benzene rings is 1. The number of aryl methyl sites for hydroxylation is 2. The van der Waals surface area contributed by atoms with E-state index in [-0.39, 0.29) is 22.1 Å². The van der Waals surface area contributed by atoms with Crippen LogP contribution in [0, 0.1) is 13.8 Å². The molecule has 2 heterocycles. The van der Waals surface area contributed by atoms with E-state index in [0.29, 0.717) is 30.1 Å². The second-order valence-electron chi connectivity index (χ2n) is 6.13. The molecular formula is C17H19ClN2O5S. The Bertz CT molecular complexity index is 913. The highest BCUT2D eigenvalue weighted by Crippen LogP contribution is 2.26. The van der Waals surface area contributed by atoms with Crippen LogP contribution in [-0.4, -0.2) is 36.9 Å². The minimum absolute atomic E-state index is 0.0127. The average molecular weight is 399 g/mol. The van der Waals surface area contributed by atoms with E-state index in [1.807, 2.05) is 0 Å². The van der Waals surface area contributed by atoms with Crippen molar-refractivity contribution in [1.29, 1.82) is 0 Å². The van der Waals surface area contributed by atoms with Gasteiger partial charge < -0.3 is 9.26 Å². The zero-order valence-electron chi connectivity index (χ0n) is 14.5. The van der Waals surface area contributed by atoms with E-state index >= 15 is 0 Å². The van der Waals surface area contributed by atoms with Crippen molar-refractivity contribution in [2.45, 2.75) is 38.2 Å². The number of carbonyl (C=O) groups excluding carboxylic acids is 1. The summed E-state index contributed by atoms with van der Waals surface area (Å²) >= 11 is 6.08. The van der Waals surface area contributed by atoms with Gasteiger partial charge in [0, 0.05) is 13.1 Å². The first-order valence-electron chi connectivity index (χ1n) is 8.19. The molecule has 140 valence electrons. The van der Waals surface area contributed by atoms with Crippen molar-refractivity contribution in [3.63, 3.8) is 0 Å². The van der Waals surface area contributed by atoms with Crippen LogP contribution in [0.4, 0.5) is 0 Å². The largest absolute Gasteiger partial charge is 0.457 e. The lowest BCUT2D eigenvalue weighted by Crippen LogP contribution is -2.28. The minimum atomic E-state index is -3.64. The van der Waals surface area contributed by atoms with Gasteiger partial charge in [-0.15, -0.1) is 0 Å². The maximum absolute atomic E-state index is 12.7. The molecule has 0 N–H and O–H groups in total. The van der Waals surface area contributed by atoms with Crippen molar-refractivity contribution in [2.75, 3.05) is 13.1 Å². The lowest BCUT2D eigenvalue weighted by Gasteiger charge is -2.16. The van der Waals surface area contributed by atoms with E-state index in [1.54, 1.807) is 13.8 Å². The molecule has 26 heavy (non-hydrogen) atoms. The molecule has 3 rings (SSSR count). The van der Waals surface area contributed by atoms with Gasteiger partial charge in [0.1, 0.15) is 12.4 Å². The number of ether oxygens (including phenoxy) is 1. The molecule has 0 atom stereocenters. The van der Waals surface area contributed by atoms with Gasteiger partial charge in [0.25, 0.3) is 0 Å². The standard InChI is InChI=1S/C17H19ClN2O5S/c1-11-15(12(2)25-19-11)10-24-17(21)14-9-13(5-6-16(14)18)26(22,23)20-7-3-4-8-20/h5-6,9H,3-4,7-8,10H2,1-2H3. The van der Waals surface area contributed by atoms with Crippen molar-refractivity contribution in [3.05, 3.63) is 45.8 Å². The summed E-state index contributed by atoms with van der Waals surface area (Å²) in [7, 11) is -3.64. The zero-order chi connectivity index (χ0) is 18.9. The van der Waals surface area contributed by atoms with Crippen LogP contribution in [0.3, 0.4) is 0 Å². The zero-order valence-corrected chi connectivity index (χ0v) is 16.1. The topological polar surface area (TPSA) is 89.7 Å². The third-order valence-electron chi connectivity index (χ3n) is 4.39. The van der Waals surface area contributed by atoms with Crippen LogP contribution >= 0.6 is 11.6 Å². The van der Waals surface area contributed by atoms with Crippen molar-refractivity contribution >= 4 is 27.6 Å². The first-order valence-corrected chi connectivity index (χ1v) is 10.0. The number of sulfonamides is 1. The lowest BCUT2D eigenvalue weighted by molar-refractivity contribution is 0.0470. The van der Waals surface area contributed by atoms with Gasteiger partial charge >= 0.3 is 5.97 Å². The van der Waals surface area contributed by atoms with E-state index in [2.05, 4.69) is 5.16 Å². The molecule has 7 nitrogen and oxygen atoms in total. The molecule has 0 bridgehead atoms. The second-order valence-corrected chi connectivity index (χ2v) is 8.48. The summed E-state index contributed by atoms with van der Waals surface area (Å²) in [6.45, 7) is 4.41. The molecule has 1 fully saturated rings. The first-order chi connectivity index (χ1) is 12.3. The molecule has 9 heteroatoms. The fourth-order valence-electron chi connectivity index (χ4n) is 2.82. The van der Waals surface area contributed by atoms with Gasteiger partial charge in [-0.05, 0) is 44.9 Å². The van der Waals surface area contributed by atoms with Gasteiger partial charge in [0.15, 0.2) is 0 Å². The Kier molecular flexibility index (Phi) is 5.36. The maximum atomic E-state index is 12.7. The van der Waals surface area contributed by atoms with E-state index < -0.39 is 16.0 Å². The predicted octanol–water partition coefficient (Wildman–Crippen LogP) is 3.09. The number of aromatic nitrogens is 1. The molecule has 0 aliphatic carbocycles. The molecular weight excluding hydrogens is 380 g/mol. The van der Waals surface area contributed by atoms with E-state index in [0.717, 1.165) is 12.8 Å². The number of nitrogens with zero attached hydrogens (tertiary/aromatic N) is 2. The van der Waals surface area contributed by atoms with Gasteiger partial charge in [0.2, 0.25) is 10.0 Å². The number of carbonyl (C=O) groups is 1. The SMILES string of the molecule is Cc1noc(C)c1COC(=O)c1cc(S(=O)(=O)N2CCCC2)ccc1Cl. The molecule has 0 unspecified atom stereocenters. The Labute approximate surface area is 156 Å². The van der Waals surface area contributed by atoms with E-state index in [9.17, 15) is 13.2 Å². The monoisotopic (exact) mass is 398 g/mol. The summed E-state index contributed by atoms with van der Waals surface area (Å²) in [6, 6.07) is 4.07. The fraction of sp³-hybridized carbons (Fsp3) is 0.412. The van der Waals surface area contributed by atoms with Gasteiger partial charge in [-0.25, -0.2) is 13.2 Å². The maximum Gasteiger partial charge on any atom is 0.340 e. The quantitative estimate of drug-likeness (QED) is 0.719. The minimum Gasteiger partial charge on any atom is -0.457 e. The van der Waals surface area contributed by atoms with Crippen LogP contribution in [-0.2, 0) is 21.4 Å². The molecule has 0 spiro atoms. The summed E-state index contributed by atoms with van der Waals surface area (Å²) in [5.74, 6) is -0.139. The predicted molar refractivity (Wildman–Crippen MR) is 94.5 cm³/mol. The van der Waals surface area contributed by atoms with Gasteiger partial charge in [-0.1, -0.05) is 16.8 Å². The molecule has 1 aromatic carbocycles. The molecule has 0 amide bonds. The van der Waals surface area contributed by atoms with Crippen molar-refractivity contribution in [3.8, 4) is 0 Å². The highest BCUT2D eigenvalue weighted by Gasteiger charge is 2.28. The van der Waals surface area contributed by atoms with E-state index in [4.69, 9.17) is 20.9 Å². The Balaban J connectivity index is 1.82. The number of hydrogen-bond acceptors (Lipinski definition) is 6. The summed E-state index contributed by atoms with van der Waals surface area (Å²) < 4.78 is 37.0. The van der Waals surface area contributed by atoms with Crippen LogP contribution in [0.15, 0.2) is 27.6 Å². The summed E-state index contributed by atoms with van der Waals surface area (Å²) in [5, 5.41) is 3.93. The van der Waals surface area contributed by atoms with Crippen LogP contribution in [0.5, 0.6) is 0 Å². The second kappa shape index (κ2) is 7.38. The lowest BCUT2D eigenvalue weighted by atomic mass is 10.2. The van der Waals surface area contributed by atoms with Crippen LogP contribution in [0.25, 0.3) is 0 Å². The van der Waals surface area contributed by atoms with Gasteiger partial charge in [-0.2, -0.15) is 4.31 Å². The highest BCUT2D eigenvalue weighted by molar-refractivity contribution is 7.89. The van der Waals surface area contributed by atoms with Crippen LogP contribution in [0.1, 0.15) is 40.2 Å². The van der Waals surface area contributed by atoms with Crippen molar-refractivity contribution < 1.29 is 22.5 Å². The molecule has 1 saturated heterocycles. The Hall–Kier alpha value is -1.90. The average Bonchev–Trinajstić information content (AvgIpc) is 3.24. The number of esters is 1. The summed E-state index contributed by atoms with van der Waals surface area (Å²) in [5.41, 5.74) is 1.32. The van der Waals surface area contributed by atoms with Crippen molar-refractivity contribution in [2.24, 2.45) is 0 Å². The Morgan fingerprint density at radius 1 is 1.31 bits per heavy atom.